The fourth-order valence-electron chi connectivity index (χ4n) is 3.88. The highest BCUT2D eigenvalue weighted by Crippen LogP contribution is 2.24. The van der Waals surface area contributed by atoms with Crippen LogP contribution in [0.3, 0.4) is 0 Å². The summed E-state index contributed by atoms with van der Waals surface area (Å²) in [6.45, 7) is 1.23. The molecule has 0 spiro atoms. The number of benzene rings is 2. The van der Waals surface area contributed by atoms with Crippen LogP contribution in [0.4, 0.5) is 11.4 Å². The second-order valence-corrected chi connectivity index (χ2v) is 9.66. The predicted molar refractivity (Wildman–Crippen MR) is 127 cm³/mol. The monoisotopic (exact) mass is 475 g/mol. The van der Waals surface area contributed by atoms with Gasteiger partial charge in [-0.05, 0) is 48.6 Å². The minimum absolute atomic E-state index is 0.117. The van der Waals surface area contributed by atoms with Crippen LogP contribution in [-0.2, 0) is 19.6 Å². The number of nitrogens with zero attached hydrogens (tertiary/aromatic N) is 3. The molecule has 2 heterocycles. The summed E-state index contributed by atoms with van der Waals surface area (Å²) < 4.78 is 29.7. The van der Waals surface area contributed by atoms with Crippen LogP contribution in [0.2, 0.25) is 0 Å². The lowest BCUT2D eigenvalue weighted by molar-refractivity contribution is -0.115. The molecule has 10 heteroatoms. The van der Waals surface area contributed by atoms with Gasteiger partial charge in [-0.1, -0.05) is 18.2 Å². The largest absolute Gasteiger partial charge is 0.372 e. The average Bonchev–Trinajstić information content (AvgIpc) is 3.49. The molecule has 0 radical (unpaired) electrons. The summed E-state index contributed by atoms with van der Waals surface area (Å²) in [5.74, 6) is -0.234. The van der Waals surface area contributed by atoms with Gasteiger partial charge in [0.1, 0.15) is 0 Å². The standard InChI is InChI=1S/C24H21N5O4S/c30-23-10-11-24(31)22-15-28(14-21(22)23)16-25-17-6-8-20(9-7-17)34(32,33)27-18-12-26-29(13-18)19-4-2-1-3-5-19/h1-13,25,27H,14-16H2. The summed E-state index contributed by atoms with van der Waals surface area (Å²) in [5.41, 5.74) is 3.00. The molecule has 0 unspecified atom stereocenters. The van der Waals surface area contributed by atoms with Crippen molar-refractivity contribution in [3.63, 3.8) is 0 Å². The maximum atomic E-state index is 12.8. The molecule has 2 aromatic carbocycles. The molecule has 9 nitrogen and oxygen atoms in total. The topological polar surface area (TPSA) is 113 Å². The molecule has 0 amide bonds. The van der Waals surface area contributed by atoms with Crippen LogP contribution in [0.15, 0.2) is 95.2 Å². The highest BCUT2D eigenvalue weighted by molar-refractivity contribution is 7.92. The van der Waals surface area contributed by atoms with E-state index < -0.39 is 10.0 Å². The summed E-state index contributed by atoms with van der Waals surface area (Å²) in [6, 6.07) is 15.7. The smallest absolute Gasteiger partial charge is 0.261 e. The van der Waals surface area contributed by atoms with Gasteiger partial charge in [0.25, 0.3) is 10.0 Å². The highest BCUT2D eigenvalue weighted by atomic mass is 32.2. The Balaban J connectivity index is 1.19. The maximum Gasteiger partial charge on any atom is 0.261 e. The second-order valence-electron chi connectivity index (χ2n) is 7.98. The van der Waals surface area contributed by atoms with E-state index in [0.29, 0.717) is 36.6 Å². The Labute approximate surface area is 196 Å². The molecule has 1 aliphatic heterocycles. The van der Waals surface area contributed by atoms with Gasteiger partial charge in [0.15, 0.2) is 11.6 Å². The van der Waals surface area contributed by atoms with Crippen LogP contribution >= 0.6 is 0 Å². The molecule has 0 fully saturated rings. The van der Waals surface area contributed by atoms with E-state index in [9.17, 15) is 18.0 Å². The third kappa shape index (κ3) is 4.41. The zero-order valence-corrected chi connectivity index (χ0v) is 18.8. The van der Waals surface area contributed by atoms with Crippen molar-refractivity contribution < 1.29 is 18.0 Å². The fraction of sp³-hybridized carbons (Fsp3) is 0.125. The van der Waals surface area contributed by atoms with E-state index in [1.807, 2.05) is 35.2 Å². The van der Waals surface area contributed by atoms with E-state index in [0.717, 1.165) is 11.4 Å². The minimum Gasteiger partial charge on any atom is -0.372 e. The van der Waals surface area contributed by atoms with Crippen molar-refractivity contribution >= 4 is 33.0 Å². The Morgan fingerprint density at radius 3 is 2.15 bits per heavy atom. The van der Waals surface area contributed by atoms with Gasteiger partial charge in [-0.15, -0.1) is 0 Å². The lowest BCUT2D eigenvalue weighted by atomic mass is 9.98. The first-order chi connectivity index (χ1) is 16.4. The van der Waals surface area contributed by atoms with Crippen LogP contribution in [-0.4, -0.2) is 54.4 Å². The Hall–Kier alpha value is -4.02. The molecule has 1 aromatic heterocycles. The number of hydrogen-bond acceptors (Lipinski definition) is 7. The van der Waals surface area contributed by atoms with E-state index in [1.165, 1.54) is 30.5 Å². The van der Waals surface area contributed by atoms with Crippen molar-refractivity contribution in [2.24, 2.45) is 0 Å². The Morgan fingerprint density at radius 1 is 0.853 bits per heavy atom. The molecule has 1 aliphatic carbocycles. The van der Waals surface area contributed by atoms with Crippen molar-refractivity contribution in [3.8, 4) is 5.69 Å². The first kappa shape index (κ1) is 21.8. The molecule has 5 rings (SSSR count). The Morgan fingerprint density at radius 2 is 1.50 bits per heavy atom. The normalized spacial score (nSPS) is 16.1. The van der Waals surface area contributed by atoms with Crippen molar-refractivity contribution in [2.45, 2.75) is 4.90 Å². The number of allylic oxidation sites excluding steroid dienone is 2. The van der Waals surface area contributed by atoms with Crippen LogP contribution in [0.1, 0.15) is 0 Å². The molecule has 0 bridgehead atoms. The third-order valence-electron chi connectivity index (χ3n) is 5.64. The van der Waals surface area contributed by atoms with Crippen molar-refractivity contribution in [1.29, 1.82) is 0 Å². The number of hydrogen-bond donors (Lipinski definition) is 2. The van der Waals surface area contributed by atoms with Crippen LogP contribution < -0.4 is 10.0 Å². The van der Waals surface area contributed by atoms with Gasteiger partial charge in [-0.2, -0.15) is 5.10 Å². The first-order valence-corrected chi connectivity index (χ1v) is 12.1. The maximum absolute atomic E-state index is 12.8. The zero-order valence-electron chi connectivity index (χ0n) is 18.0. The lowest BCUT2D eigenvalue weighted by Crippen LogP contribution is -2.28. The number of sulfonamides is 1. The van der Waals surface area contributed by atoms with Gasteiger partial charge < -0.3 is 5.32 Å². The molecule has 2 N–H and O–H groups in total. The lowest BCUT2D eigenvalue weighted by Gasteiger charge is -2.17. The summed E-state index contributed by atoms with van der Waals surface area (Å²) >= 11 is 0. The van der Waals surface area contributed by atoms with E-state index >= 15 is 0 Å². The third-order valence-corrected chi connectivity index (χ3v) is 7.03. The highest BCUT2D eigenvalue weighted by Gasteiger charge is 2.31. The fourth-order valence-corrected chi connectivity index (χ4v) is 4.91. The number of para-hydroxylation sites is 1. The van der Waals surface area contributed by atoms with Gasteiger partial charge in [-0.3, -0.25) is 19.2 Å². The molecular formula is C24H21N5O4S. The molecule has 0 saturated carbocycles. The second kappa shape index (κ2) is 8.73. The number of carbonyl (C=O) groups is 2. The van der Waals surface area contributed by atoms with Gasteiger partial charge in [0.2, 0.25) is 0 Å². The predicted octanol–water partition coefficient (Wildman–Crippen LogP) is 2.36. The Kier molecular flexibility index (Phi) is 5.60. The summed E-state index contributed by atoms with van der Waals surface area (Å²) in [4.78, 5) is 26.0. The van der Waals surface area contributed by atoms with E-state index in [-0.39, 0.29) is 16.5 Å². The Bertz CT molecular complexity index is 1390. The number of rotatable bonds is 7. The van der Waals surface area contributed by atoms with Gasteiger partial charge >= 0.3 is 0 Å². The van der Waals surface area contributed by atoms with Crippen molar-refractivity contribution in [3.05, 3.63) is 90.3 Å². The van der Waals surface area contributed by atoms with E-state index in [1.54, 1.807) is 23.0 Å². The molecule has 0 atom stereocenters. The van der Waals surface area contributed by atoms with Gasteiger partial charge in [0, 0.05) is 29.9 Å². The molecule has 2 aliphatic rings. The van der Waals surface area contributed by atoms with Crippen molar-refractivity contribution in [1.82, 2.24) is 14.7 Å². The van der Waals surface area contributed by atoms with Crippen LogP contribution in [0.25, 0.3) is 5.69 Å². The van der Waals surface area contributed by atoms with Crippen LogP contribution in [0, 0.1) is 0 Å². The number of carbonyl (C=O) groups excluding carboxylic acids is 2. The molecular weight excluding hydrogens is 454 g/mol. The van der Waals surface area contributed by atoms with E-state index in [4.69, 9.17) is 0 Å². The van der Waals surface area contributed by atoms with E-state index in [2.05, 4.69) is 15.1 Å². The SMILES string of the molecule is O=C1C=CC(=O)C2=C1CN(CNc1ccc(S(=O)(=O)Nc3cnn(-c4ccccc4)c3)cc1)C2. The summed E-state index contributed by atoms with van der Waals surface area (Å²) in [7, 11) is -3.79. The summed E-state index contributed by atoms with van der Waals surface area (Å²) in [6.07, 6.45) is 5.70. The minimum atomic E-state index is -3.79. The first-order valence-electron chi connectivity index (χ1n) is 10.6. The van der Waals surface area contributed by atoms with Gasteiger partial charge in [0.05, 0.1) is 35.3 Å². The number of anilines is 2. The number of aromatic nitrogens is 2. The molecule has 34 heavy (non-hydrogen) atoms. The molecule has 3 aromatic rings. The quantitative estimate of drug-likeness (QED) is 0.505. The molecule has 0 saturated heterocycles. The number of ketones is 2. The summed E-state index contributed by atoms with van der Waals surface area (Å²) in [5, 5.41) is 7.41. The van der Waals surface area contributed by atoms with Crippen molar-refractivity contribution in [2.75, 3.05) is 29.8 Å². The van der Waals surface area contributed by atoms with Crippen LogP contribution in [0.5, 0.6) is 0 Å². The zero-order chi connectivity index (χ0) is 23.7. The number of nitrogens with one attached hydrogen (secondary N) is 2. The average molecular weight is 476 g/mol. The molecule has 172 valence electrons. The van der Waals surface area contributed by atoms with Gasteiger partial charge in [-0.25, -0.2) is 13.1 Å².